The largest absolute Gasteiger partial charge is 0.493 e. The molecule has 0 aliphatic carbocycles. The van der Waals surface area contributed by atoms with Gasteiger partial charge >= 0.3 is 0 Å². The van der Waals surface area contributed by atoms with Crippen LogP contribution < -0.4 is 15.8 Å². The molecule has 38 heavy (non-hydrogen) atoms. The number of carbonyl (C=O) groups is 1. The molecule has 1 aliphatic rings. The molecule has 1 aliphatic heterocycles. The summed E-state index contributed by atoms with van der Waals surface area (Å²) in [4.78, 5) is 31.2. The molecular weight excluding hydrogens is 508 g/mol. The Kier molecular flexibility index (Phi) is 10.2. The molecule has 0 bridgehead atoms. The van der Waals surface area contributed by atoms with E-state index in [0.29, 0.717) is 60.0 Å². The van der Waals surface area contributed by atoms with Crippen molar-refractivity contribution in [3.05, 3.63) is 45.4 Å². The maximum Gasteiger partial charge on any atom is 0.276 e. The van der Waals surface area contributed by atoms with Crippen LogP contribution in [0, 0.1) is 6.92 Å². The highest BCUT2D eigenvalue weighted by molar-refractivity contribution is 7.82. The average molecular weight is 547 g/mol. The highest BCUT2D eigenvalue weighted by Crippen LogP contribution is 2.31. The SMILES string of the molecule is CC.CCCc1c(C(=O)NO)c(C)c2c(=O)[nH]c(-c3cc(S(=O)N4CCN(C)CC4)ccc3OCC)nn12. The number of carbonyl (C=O) groups excluding carboxylic acids is 1. The van der Waals surface area contributed by atoms with E-state index in [1.807, 2.05) is 39.0 Å². The zero-order valence-electron chi connectivity index (χ0n) is 23.0. The molecule has 12 heteroatoms. The van der Waals surface area contributed by atoms with E-state index in [1.165, 1.54) is 4.52 Å². The second-order valence-corrected chi connectivity index (χ2v) is 10.3. The summed E-state index contributed by atoms with van der Waals surface area (Å²) in [6.45, 7) is 12.9. The number of hydrogen-bond acceptors (Lipinski definition) is 7. The molecule has 3 N–H and O–H groups in total. The normalized spacial score (nSPS) is 15.1. The number of aromatic amines is 1. The van der Waals surface area contributed by atoms with Crippen molar-refractivity contribution < 1.29 is 18.9 Å². The third-order valence-electron chi connectivity index (χ3n) is 6.35. The summed E-state index contributed by atoms with van der Waals surface area (Å²) in [5.74, 6) is 0.0341. The van der Waals surface area contributed by atoms with Gasteiger partial charge in [-0.3, -0.25) is 14.8 Å². The maximum absolute atomic E-state index is 13.3. The first-order chi connectivity index (χ1) is 18.3. The van der Waals surface area contributed by atoms with Gasteiger partial charge in [-0.1, -0.05) is 27.2 Å². The molecular formula is C26H38N6O5S. The van der Waals surface area contributed by atoms with Crippen molar-refractivity contribution in [3.63, 3.8) is 0 Å². The summed E-state index contributed by atoms with van der Waals surface area (Å²) in [5.41, 5.74) is 3.16. The summed E-state index contributed by atoms with van der Waals surface area (Å²) in [5, 5.41) is 14.0. The van der Waals surface area contributed by atoms with Gasteiger partial charge in [-0.2, -0.15) is 0 Å². The number of fused-ring (bicyclic) bond motifs is 1. The number of piperazine rings is 1. The second kappa shape index (κ2) is 13.1. The molecule has 3 aromatic rings. The summed E-state index contributed by atoms with van der Waals surface area (Å²) < 4.78 is 22.6. The van der Waals surface area contributed by atoms with Crippen LogP contribution >= 0.6 is 0 Å². The Labute approximate surface area is 225 Å². The lowest BCUT2D eigenvalue weighted by Gasteiger charge is -2.31. The number of hydroxylamine groups is 1. The zero-order chi connectivity index (χ0) is 28.0. The Bertz CT molecular complexity index is 1360. The van der Waals surface area contributed by atoms with Gasteiger partial charge in [0.15, 0.2) is 5.82 Å². The first-order valence-corrected chi connectivity index (χ1v) is 14.1. The van der Waals surface area contributed by atoms with Crippen molar-refractivity contribution in [3.8, 4) is 17.1 Å². The smallest absolute Gasteiger partial charge is 0.276 e. The van der Waals surface area contributed by atoms with Crippen LogP contribution in [0.25, 0.3) is 16.9 Å². The Morgan fingerprint density at radius 1 is 1.21 bits per heavy atom. The molecule has 11 nitrogen and oxygen atoms in total. The van der Waals surface area contributed by atoms with Crippen LogP contribution in [0.4, 0.5) is 0 Å². The molecule has 208 valence electrons. The van der Waals surface area contributed by atoms with Crippen LogP contribution in [0.2, 0.25) is 0 Å². The van der Waals surface area contributed by atoms with Crippen LogP contribution in [0.15, 0.2) is 27.9 Å². The number of nitrogens with zero attached hydrogens (tertiary/aromatic N) is 4. The lowest BCUT2D eigenvalue weighted by atomic mass is 10.1. The van der Waals surface area contributed by atoms with E-state index in [0.717, 1.165) is 13.1 Å². The minimum Gasteiger partial charge on any atom is -0.493 e. The van der Waals surface area contributed by atoms with Gasteiger partial charge in [-0.05, 0) is 51.1 Å². The number of aryl methyl sites for hydroxylation is 2. The zero-order valence-corrected chi connectivity index (χ0v) is 23.8. The number of likely N-dealkylation sites (N-methyl/N-ethyl adjacent to an activating group) is 1. The van der Waals surface area contributed by atoms with Gasteiger partial charge in [0, 0.05) is 26.2 Å². The van der Waals surface area contributed by atoms with E-state index >= 15 is 0 Å². The Hall–Kier alpha value is -3.06. The van der Waals surface area contributed by atoms with Crippen molar-refractivity contribution in [2.24, 2.45) is 0 Å². The van der Waals surface area contributed by atoms with E-state index in [2.05, 4.69) is 15.0 Å². The number of rotatable bonds is 8. The molecule has 0 spiro atoms. The molecule has 3 heterocycles. The lowest BCUT2D eigenvalue weighted by molar-refractivity contribution is 0.0704. The van der Waals surface area contributed by atoms with Gasteiger partial charge in [0.1, 0.15) is 22.3 Å². The molecule has 0 saturated carbocycles. The first kappa shape index (κ1) is 29.5. The molecule has 1 fully saturated rings. The highest BCUT2D eigenvalue weighted by Gasteiger charge is 2.26. The van der Waals surface area contributed by atoms with Crippen LogP contribution in [-0.2, 0) is 17.4 Å². The predicted octanol–water partition coefficient (Wildman–Crippen LogP) is 2.76. The molecule has 4 rings (SSSR count). The molecule has 1 saturated heterocycles. The van der Waals surface area contributed by atoms with Crippen LogP contribution in [0.5, 0.6) is 5.75 Å². The number of aromatic nitrogens is 3. The quantitative estimate of drug-likeness (QED) is 0.292. The van der Waals surface area contributed by atoms with Gasteiger partial charge in [-0.15, -0.1) is 5.10 Å². The van der Waals surface area contributed by atoms with Crippen molar-refractivity contribution >= 4 is 22.4 Å². The van der Waals surface area contributed by atoms with Crippen LogP contribution in [0.3, 0.4) is 0 Å². The number of hydrogen-bond donors (Lipinski definition) is 3. The van der Waals surface area contributed by atoms with E-state index < -0.39 is 22.5 Å². The third-order valence-corrected chi connectivity index (χ3v) is 7.84. The molecule has 1 amide bonds. The predicted molar refractivity (Wildman–Crippen MR) is 147 cm³/mol. The first-order valence-electron chi connectivity index (χ1n) is 13.0. The molecule has 1 unspecified atom stereocenters. The summed E-state index contributed by atoms with van der Waals surface area (Å²) in [6, 6.07) is 5.25. The van der Waals surface area contributed by atoms with E-state index in [1.54, 1.807) is 30.6 Å². The fourth-order valence-electron chi connectivity index (χ4n) is 4.54. The number of amides is 1. The molecule has 1 aromatic carbocycles. The fourth-order valence-corrected chi connectivity index (χ4v) is 5.73. The standard InChI is InChI=1S/C24H32N6O5S.C2H6/c1-5-7-18-20(23(31)27-33)15(3)21-24(32)25-22(26-30(18)21)17-14-16(8-9-19(17)35-6-2)36(34)29-12-10-28(4)11-13-29;1-2/h8-9,14,33H,5-7,10-13H2,1-4H3,(H,27,31)(H,25,26,32);1-2H3. The Balaban J connectivity index is 0.00000195. The van der Waals surface area contributed by atoms with Gasteiger partial charge in [-0.25, -0.2) is 18.5 Å². The van der Waals surface area contributed by atoms with Gasteiger partial charge < -0.3 is 14.6 Å². The topological polar surface area (TPSA) is 132 Å². The minimum atomic E-state index is -1.38. The van der Waals surface area contributed by atoms with E-state index in [-0.39, 0.29) is 16.9 Å². The van der Waals surface area contributed by atoms with E-state index in [4.69, 9.17) is 4.74 Å². The average Bonchev–Trinajstić information content (AvgIpc) is 3.21. The fraction of sp³-hybridized carbons (Fsp3) is 0.500. The Morgan fingerprint density at radius 2 is 1.89 bits per heavy atom. The van der Waals surface area contributed by atoms with Gasteiger partial charge in [0.25, 0.3) is 11.5 Å². The van der Waals surface area contributed by atoms with Crippen LogP contribution in [0.1, 0.15) is 55.7 Å². The highest BCUT2D eigenvalue weighted by atomic mass is 32.2. The minimum absolute atomic E-state index is 0.226. The van der Waals surface area contributed by atoms with Crippen molar-refractivity contribution in [2.75, 3.05) is 39.8 Å². The molecule has 2 aromatic heterocycles. The summed E-state index contributed by atoms with van der Waals surface area (Å²) >= 11 is 0. The number of nitrogens with one attached hydrogen (secondary N) is 2. The summed E-state index contributed by atoms with van der Waals surface area (Å²) in [6.07, 6.45) is 1.17. The van der Waals surface area contributed by atoms with Gasteiger partial charge in [0.2, 0.25) is 0 Å². The monoisotopic (exact) mass is 546 g/mol. The Morgan fingerprint density at radius 3 is 2.50 bits per heavy atom. The van der Waals surface area contributed by atoms with Crippen molar-refractivity contribution in [1.82, 2.24) is 29.3 Å². The second-order valence-electron chi connectivity index (χ2n) is 8.77. The van der Waals surface area contributed by atoms with E-state index in [9.17, 15) is 19.0 Å². The molecule has 0 radical (unpaired) electrons. The lowest BCUT2D eigenvalue weighted by Crippen LogP contribution is -2.45. The summed E-state index contributed by atoms with van der Waals surface area (Å²) in [7, 11) is 0.656. The number of ether oxygens (including phenoxy) is 1. The van der Waals surface area contributed by atoms with Crippen molar-refractivity contribution in [2.45, 2.75) is 52.4 Å². The number of benzene rings is 1. The van der Waals surface area contributed by atoms with Crippen LogP contribution in [-0.4, -0.2) is 79.0 Å². The third kappa shape index (κ3) is 5.83. The maximum atomic E-state index is 13.3. The van der Waals surface area contributed by atoms with Gasteiger partial charge in [0.05, 0.1) is 28.3 Å². The van der Waals surface area contributed by atoms with Crippen molar-refractivity contribution in [1.29, 1.82) is 0 Å². The molecule has 1 atom stereocenters. The number of H-pyrrole nitrogens is 1.